The van der Waals surface area contributed by atoms with E-state index in [0.717, 1.165) is 5.56 Å². The van der Waals surface area contributed by atoms with Crippen molar-refractivity contribution in [2.24, 2.45) is 0 Å². The normalized spacial score (nSPS) is 12.3. The predicted octanol–water partition coefficient (Wildman–Crippen LogP) is 4.36. The first-order chi connectivity index (χ1) is 8.56. The second-order valence-electron chi connectivity index (χ2n) is 3.73. The highest BCUT2D eigenvalue weighted by molar-refractivity contribution is 6.30. The van der Waals surface area contributed by atoms with Crippen LogP contribution in [0.2, 0.25) is 5.02 Å². The van der Waals surface area contributed by atoms with E-state index in [-0.39, 0.29) is 5.88 Å². The molecule has 0 saturated heterocycles. The lowest BCUT2D eigenvalue weighted by Crippen LogP contribution is -1.94. The Bertz CT molecular complexity index is 551. The van der Waals surface area contributed by atoms with Gasteiger partial charge in [0.2, 0.25) is 0 Å². The molecular formula is C12H9Cl2NO3. The second kappa shape index (κ2) is 5.42. The van der Waals surface area contributed by atoms with Crippen molar-refractivity contribution in [1.82, 2.24) is 0 Å². The number of alkyl halides is 1. The molecule has 0 aliphatic rings. The maximum absolute atomic E-state index is 10.5. The number of halogens is 2. The fourth-order valence-corrected chi connectivity index (χ4v) is 1.96. The Morgan fingerprint density at radius 3 is 2.44 bits per heavy atom. The van der Waals surface area contributed by atoms with Crippen molar-refractivity contribution in [3.8, 4) is 0 Å². The fourth-order valence-electron chi connectivity index (χ4n) is 1.54. The molecule has 1 aromatic carbocycles. The third-order valence-electron chi connectivity index (χ3n) is 2.43. The first-order valence-electron chi connectivity index (χ1n) is 5.19. The Morgan fingerprint density at radius 1 is 1.22 bits per heavy atom. The van der Waals surface area contributed by atoms with Crippen molar-refractivity contribution in [3.05, 3.63) is 62.9 Å². The molecule has 1 heterocycles. The van der Waals surface area contributed by atoms with E-state index in [1.165, 1.54) is 12.1 Å². The molecule has 0 aliphatic heterocycles. The van der Waals surface area contributed by atoms with Crippen molar-refractivity contribution in [2.45, 2.75) is 11.8 Å². The molecule has 0 saturated carbocycles. The topological polar surface area (TPSA) is 56.3 Å². The minimum absolute atomic E-state index is 0.299. The molecule has 1 atom stereocenters. The minimum atomic E-state index is -0.588. The Morgan fingerprint density at radius 2 is 1.89 bits per heavy atom. The standard InChI is InChI=1S/C12H9Cl2NO3/c13-9-3-1-8(2-4-9)7-10(14)11-5-6-12(18-11)15(16)17/h1-6,10H,7H2. The summed E-state index contributed by atoms with van der Waals surface area (Å²) in [5.41, 5.74) is 0.985. The molecule has 0 fully saturated rings. The molecule has 18 heavy (non-hydrogen) atoms. The van der Waals surface area contributed by atoms with Crippen molar-refractivity contribution in [2.75, 3.05) is 0 Å². The molecule has 1 aromatic heterocycles. The Labute approximate surface area is 113 Å². The number of nitrogens with zero attached hydrogens (tertiary/aromatic N) is 1. The summed E-state index contributed by atoms with van der Waals surface area (Å²) in [6.45, 7) is 0. The van der Waals surface area contributed by atoms with Gasteiger partial charge in [-0.2, -0.15) is 0 Å². The van der Waals surface area contributed by atoms with Crippen LogP contribution in [0.4, 0.5) is 5.88 Å². The van der Waals surface area contributed by atoms with E-state index in [1.807, 2.05) is 12.1 Å². The third-order valence-corrected chi connectivity index (χ3v) is 3.05. The van der Waals surface area contributed by atoms with E-state index < -0.39 is 10.3 Å². The van der Waals surface area contributed by atoms with E-state index in [2.05, 4.69) is 0 Å². The highest BCUT2D eigenvalue weighted by Gasteiger charge is 2.18. The van der Waals surface area contributed by atoms with E-state index in [0.29, 0.717) is 17.2 Å². The average molecular weight is 286 g/mol. The molecule has 0 spiro atoms. The molecule has 4 nitrogen and oxygen atoms in total. The first-order valence-corrected chi connectivity index (χ1v) is 6.00. The summed E-state index contributed by atoms with van der Waals surface area (Å²) < 4.78 is 5.05. The maximum atomic E-state index is 10.5. The average Bonchev–Trinajstić information content (AvgIpc) is 2.81. The van der Waals surface area contributed by atoms with Gasteiger partial charge in [-0.05, 0) is 30.2 Å². The third kappa shape index (κ3) is 3.03. The number of furan rings is 1. The molecular weight excluding hydrogens is 277 g/mol. The van der Waals surface area contributed by atoms with Crippen LogP contribution in [-0.4, -0.2) is 4.92 Å². The maximum Gasteiger partial charge on any atom is 0.433 e. The van der Waals surface area contributed by atoms with E-state index in [1.54, 1.807) is 12.1 Å². The summed E-state index contributed by atoms with van der Waals surface area (Å²) in [5, 5.41) is 10.7. The zero-order valence-electron chi connectivity index (χ0n) is 9.18. The van der Waals surface area contributed by atoms with Crippen molar-refractivity contribution >= 4 is 29.1 Å². The van der Waals surface area contributed by atoms with Gasteiger partial charge in [0.15, 0.2) is 0 Å². The van der Waals surface area contributed by atoms with Gasteiger partial charge in [-0.1, -0.05) is 23.7 Å². The lowest BCUT2D eigenvalue weighted by molar-refractivity contribution is -0.402. The van der Waals surface area contributed by atoms with Crippen LogP contribution >= 0.6 is 23.2 Å². The summed E-state index contributed by atoms with van der Waals surface area (Å²) in [5.74, 6) is 0.0880. The van der Waals surface area contributed by atoms with Crippen molar-refractivity contribution in [3.63, 3.8) is 0 Å². The van der Waals surface area contributed by atoms with Crippen LogP contribution in [0.25, 0.3) is 0 Å². The molecule has 2 rings (SSSR count). The molecule has 0 bridgehead atoms. The van der Waals surface area contributed by atoms with Crippen LogP contribution in [0.5, 0.6) is 0 Å². The Kier molecular flexibility index (Phi) is 3.89. The van der Waals surface area contributed by atoms with Gasteiger partial charge in [0.25, 0.3) is 0 Å². The number of rotatable bonds is 4. The lowest BCUT2D eigenvalue weighted by Gasteiger charge is -2.06. The molecule has 0 N–H and O–H groups in total. The number of nitro groups is 1. The second-order valence-corrected chi connectivity index (χ2v) is 4.69. The number of benzene rings is 1. The van der Waals surface area contributed by atoms with E-state index in [9.17, 15) is 10.1 Å². The molecule has 0 aliphatic carbocycles. The van der Waals surface area contributed by atoms with Crippen LogP contribution < -0.4 is 0 Å². The largest absolute Gasteiger partial charge is 0.433 e. The zero-order valence-corrected chi connectivity index (χ0v) is 10.7. The monoisotopic (exact) mass is 285 g/mol. The predicted molar refractivity (Wildman–Crippen MR) is 69.1 cm³/mol. The highest BCUT2D eigenvalue weighted by Crippen LogP contribution is 2.29. The van der Waals surface area contributed by atoms with E-state index >= 15 is 0 Å². The summed E-state index contributed by atoms with van der Waals surface area (Å²) in [4.78, 5) is 9.90. The van der Waals surface area contributed by atoms with Gasteiger partial charge in [-0.15, -0.1) is 11.6 Å². The van der Waals surface area contributed by atoms with Gasteiger partial charge in [-0.25, -0.2) is 0 Å². The Hall–Kier alpha value is -1.52. The van der Waals surface area contributed by atoms with Gasteiger partial charge in [-0.3, -0.25) is 10.1 Å². The lowest BCUT2D eigenvalue weighted by atomic mass is 10.1. The van der Waals surface area contributed by atoms with Crippen LogP contribution in [0.3, 0.4) is 0 Å². The minimum Gasteiger partial charge on any atom is -0.404 e. The van der Waals surface area contributed by atoms with E-state index in [4.69, 9.17) is 27.6 Å². The molecule has 0 radical (unpaired) electrons. The SMILES string of the molecule is O=[N+]([O-])c1ccc(C(Cl)Cc2ccc(Cl)cc2)o1. The summed E-state index contributed by atoms with van der Waals surface area (Å²) >= 11 is 11.9. The zero-order chi connectivity index (χ0) is 13.1. The number of hydrogen-bond acceptors (Lipinski definition) is 3. The van der Waals surface area contributed by atoms with Crippen LogP contribution in [0, 0.1) is 10.1 Å². The quantitative estimate of drug-likeness (QED) is 0.476. The fraction of sp³-hybridized carbons (Fsp3) is 0.167. The van der Waals surface area contributed by atoms with Crippen LogP contribution in [0.15, 0.2) is 40.8 Å². The Balaban J connectivity index is 2.09. The van der Waals surface area contributed by atoms with Gasteiger partial charge in [0.1, 0.15) is 10.7 Å². The highest BCUT2D eigenvalue weighted by atomic mass is 35.5. The van der Waals surface area contributed by atoms with Gasteiger partial charge in [0.05, 0.1) is 11.4 Å². The van der Waals surface area contributed by atoms with Crippen molar-refractivity contribution < 1.29 is 9.34 Å². The molecule has 0 amide bonds. The summed E-state index contributed by atoms with van der Waals surface area (Å²) in [6.07, 6.45) is 0.517. The first kappa shape index (κ1) is 12.9. The van der Waals surface area contributed by atoms with Gasteiger partial charge in [0, 0.05) is 5.02 Å². The van der Waals surface area contributed by atoms with Crippen molar-refractivity contribution in [1.29, 1.82) is 0 Å². The molecule has 94 valence electrons. The molecule has 2 aromatic rings. The van der Waals surface area contributed by atoms with Gasteiger partial charge < -0.3 is 4.42 Å². The van der Waals surface area contributed by atoms with Crippen LogP contribution in [-0.2, 0) is 6.42 Å². The summed E-state index contributed by atoms with van der Waals surface area (Å²) in [6, 6.07) is 10.1. The number of hydrogen-bond donors (Lipinski definition) is 0. The van der Waals surface area contributed by atoms with Gasteiger partial charge >= 0.3 is 5.88 Å². The molecule has 6 heteroatoms. The summed E-state index contributed by atoms with van der Waals surface area (Å²) in [7, 11) is 0. The molecule has 1 unspecified atom stereocenters. The smallest absolute Gasteiger partial charge is 0.404 e. The van der Waals surface area contributed by atoms with Crippen LogP contribution in [0.1, 0.15) is 16.7 Å².